The van der Waals surface area contributed by atoms with Crippen LogP contribution in [0.15, 0.2) is 35.4 Å². The Bertz CT molecular complexity index is 681. The molecule has 0 spiro atoms. The van der Waals surface area contributed by atoms with E-state index < -0.39 is 10.0 Å². The number of nitrogens with one attached hydrogen (secondary N) is 1. The third-order valence-electron chi connectivity index (χ3n) is 2.55. The number of benzene rings is 1. The molecule has 0 saturated carbocycles. The lowest BCUT2D eigenvalue weighted by atomic mass is 10.1. The first-order chi connectivity index (χ1) is 9.47. The van der Waals surface area contributed by atoms with Gasteiger partial charge in [0.1, 0.15) is 0 Å². The van der Waals surface area contributed by atoms with E-state index in [4.69, 9.17) is 5.14 Å². The van der Waals surface area contributed by atoms with E-state index >= 15 is 0 Å². The number of sulfonamides is 1. The summed E-state index contributed by atoms with van der Waals surface area (Å²) in [6, 6.07) is 6.21. The second-order valence-corrected chi connectivity index (χ2v) is 6.11. The van der Waals surface area contributed by atoms with Gasteiger partial charge in [-0.3, -0.25) is 4.79 Å². The normalized spacial score (nSPS) is 11.2. The van der Waals surface area contributed by atoms with Crippen molar-refractivity contribution in [3.63, 3.8) is 0 Å². The highest BCUT2D eigenvalue weighted by atomic mass is 32.2. The summed E-state index contributed by atoms with van der Waals surface area (Å²) >= 11 is 0.972. The summed E-state index contributed by atoms with van der Waals surface area (Å²) in [6.07, 6.45) is 1.98. The molecule has 2 aromatic rings. The van der Waals surface area contributed by atoms with Gasteiger partial charge in [0.2, 0.25) is 10.0 Å². The Morgan fingerprint density at radius 3 is 2.55 bits per heavy atom. The highest BCUT2D eigenvalue weighted by molar-refractivity contribution is 7.89. The Morgan fingerprint density at radius 1 is 1.30 bits per heavy atom. The minimum atomic E-state index is -3.67. The van der Waals surface area contributed by atoms with E-state index in [0.717, 1.165) is 17.3 Å². The number of carbonyl (C=O) groups is 1. The first kappa shape index (κ1) is 14.6. The summed E-state index contributed by atoms with van der Waals surface area (Å²) < 4.78 is 29.7. The van der Waals surface area contributed by atoms with E-state index in [0.29, 0.717) is 18.7 Å². The number of carbonyl (C=O) groups excluding carboxylic acids is 1. The Kier molecular flexibility index (Phi) is 4.42. The highest BCUT2D eigenvalue weighted by Gasteiger charge is 2.08. The van der Waals surface area contributed by atoms with Gasteiger partial charge in [-0.25, -0.2) is 13.6 Å². The standard InChI is InChI=1S/C11H12N4O3S2/c12-20(17,18)9-3-1-8(2-4-9)5-6-13-11(16)10-7-14-19-15-10/h1-4,7H,5-6H2,(H,13,16)(H2,12,17,18). The van der Waals surface area contributed by atoms with Gasteiger partial charge in [-0.2, -0.15) is 8.75 Å². The molecule has 1 aromatic carbocycles. The number of nitrogens with two attached hydrogens (primary N) is 1. The van der Waals surface area contributed by atoms with E-state index in [1.165, 1.54) is 18.3 Å². The van der Waals surface area contributed by atoms with Crippen LogP contribution in [0.1, 0.15) is 16.1 Å². The van der Waals surface area contributed by atoms with Crippen LogP contribution >= 0.6 is 11.7 Å². The molecule has 0 radical (unpaired) electrons. The molecule has 0 aliphatic carbocycles. The number of amides is 1. The Balaban J connectivity index is 1.87. The van der Waals surface area contributed by atoms with Gasteiger partial charge in [-0.1, -0.05) is 12.1 Å². The van der Waals surface area contributed by atoms with Crippen molar-refractivity contribution in [2.24, 2.45) is 5.14 Å². The molecule has 1 amide bonds. The molecule has 20 heavy (non-hydrogen) atoms. The minimum Gasteiger partial charge on any atom is -0.350 e. The third-order valence-corrected chi connectivity index (χ3v) is 3.95. The van der Waals surface area contributed by atoms with Gasteiger partial charge < -0.3 is 5.32 Å². The van der Waals surface area contributed by atoms with Crippen molar-refractivity contribution in [3.8, 4) is 0 Å². The molecule has 0 unspecified atom stereocenters. The van der Waals surface area contributed by atoms with Crippen molar-refractivity contribution in [1.82, 2.24) is 14.1 Å². The molecule has 7 nitrogen and oxygen atoms in total. The summed E-state index contributed by atoms with van der Waals surface area (Å²) in [5.41, 5.74) is 1.19. The topological polar surface area (TPSA) is 115 Å². The predicted molar refractivity (Wildman–Crippen MR) is 73.8 cm³/mol. The Labute approximate surface area is 120 Å². The number of nitrogens with zero attached hydrogens (tertiary/aromatic N) is 2. The molecule has 0 aliphatic rings. The van der Waals surface area contributed by atoms with Crippen LogP contribution in [0.25, 0.3) is 0 Å². The number of rotatable bonds is 5. The first-order valence-corrected chi connectivity index (χ1v) is 7.92. The Hall–Kier alpha value is -1.84. The van der Waals surface area contributed by atoms with Crippen LogP contribution in [0.3, 0.4) is 0 Å². The average molecular weight is 312 g/mol. The Morgan fingerprint density at radius 2 is 2.00 bits per heavy atom. The van der Waals surface area contributed by atoms with Crippen molar-refractivity contribution in [2.45, 2.75) is 11.3 Å². The van der Waals surface area contributed by atoms with Gasteiger partial charge in [0.15, 0.2) is 5.69 Å². The largest absolute Gasteiger partial charge is 0.350 e. The van der Waals surface area contributed by atoms with Crippen LogP contribution in [0.2, 0.25) is 0 Å². The minimum absolute atomic E-state index is 0.0684. The molecule has 2 rings (SSSR count). The number of hydrogen-bond donors (Lipinski definition) is 2. The van der Waals surface area contributed by atoms with Crippen LogP contribution in [-0.4, -0.2) is 29.6 Å². The number of aromatic nitrogens is 2. The fraction of sp³-hybridized carbons (Fsp3) is 0.182. The zero-order chi connectivity index (χ0) is 14.6. The smallest absolute Gasteiger partial charge is 0.272 e. The zero-order valence-electron chi connectivity index (χ0n) is 10.3. The fourth-order valence-corrected chi connectivity index (χ4v) is 2.45. The van der Waals surface area contributed by atoms with Gasteiger partial charge in [0.05, 0.1) is 22.8 Å². The maximum atomic E-state index is 11.6. The highest BCUT2D eigenvalue weighted by Crippen LogP contribution is 2.09. The number of hydrogen-bond acceptors (Lipinski definition) is 6. The van der Waals surface area contributed by atoms with E-state index in [1.54, 1.807) is 12.1 Å². The van der Waals surface area contributed by atoms with Crippen molar-refractivity contribution < 1.29 is 13.2 Å². The summed E-state index contributed by atoms with van der Waals surface area (Å²) in [7, 11) is -3.67. The SMILES string of the molecule is NS(=O)(=O)c1ccc(CCNC(=O)c2cnsn2)cc1. The molecular weight excluding hydrogens is 300 g/mol. The molecular formula is C11H12N4O3S2. The van der Waals surface area contributed by atoms with E-state index in [9.17, 15) is 13.2 Å². The lowest BCUT2D eigenvalue weighted by Crippen LogP contribution is -2.25. The quantitative estimate of drug-likeness (QED) is 0.816. The summed E-state index contributed by atoms with van der Waals surface area (Å²) in [5.74, 6) is -0.278. The first-order valence-electron chi connectivity index (χ1n) is 5.64. The van der Waals surface area contributed by atoms with Crippen LogP contribution in [0, 0.1) is 0 Å². The lowest BCUT2D eigenvalue weighted by molar-refractivity contribution is 0.0950. The predicted octanol–water partition coefficient (Wildman–Crippen LogP) is 0.158. The van der Waals surface area contributed by atoms with Crippen molar-refractivity contribution in [2.75, 3.05) is 6.54 Å². The summed E-state index contributed by atoms with van der Waals surface area (Å²) in [6.45, 7) is 0.422. The van der Waals surface area contributed by atoms with Gasteiger partial charge in [0, 0.05) is 6.54 Å². The van der Waals surface area contributed by atoms with Crippen LogP contribution in [0.4, 0.5) is 0 Å². The third kappa shape index (κ3) is 3.83. The van der Waals surface area contributed by atoms with E-state index in [-0.39, 0.29) is 10.8 Å². The molecule has 9 heteroatoms. The van der Waals surface area contributed by atoms with Crippen LogP contribution in [0.5, 0.6) is 0 Å². The van der Waals surface area contributed by atoms with Gasteiger partial charge in [0.25, 0.3) is 5.91 Å². The molecule has 0 saturated heterocycles. The van der Waals surface area contributed by atoms with E-state index in [1.807, 2.05) is 0 Å². The molecule has 1 heterocycles. The molecule has 1 aromatic heterocycles. The molecule has 106 valence electrons. The van der Waals surface area contributed by atoms with Gasteiger partial charge in [-0.15, -0.1) is 0 Å². The molecule has 0 atom stereocenters. The van der Waals surface area contributed by atoms with Gasteiger partial charge in [-0.05, 0) is 24.1 Å². The summed E-state index contributed by atoms with van der Waals surface area (Å²) in [5, 5.41) is 7.70. The second kappa shape index (κ2) is 6.07. The summed E-state index contributed by atoms with van der Waals surface area (Å²) in [4.78, 5) is 11.6. The van der Waals surface area contributed by atoms with Crippen molar-refractivity contribution in [3.05, 3.63) is 41.7 Å². The maximum Gasteiger partial charge on any atom is 0.272 e. The number of primary sulfonamides is 1. The van der Waals surface area contributed by atoms with Crippen molar-refractivity contribution in [1.29, 1.82) is 0 Å². The van der Waals surface area contributed by atoms with Gasteiger partial charge >= 0.3 is 0 Å². The van der Waals surface area contributed by atoms with Crippen LogP contribution in [-0.2, 0) is 16.4 Å². The molecule has 0 aliphatic heterocycles. The van der Waals surface area contributed by atoms with Crippen molar-refractivity contribution >= 4 is 27.7 Å². The zero-order valence-corrected chi connectivity index (χ0v) is 11.9. The van der Waals surface area contributed by atoms with Crippen LogP contribution < -0.4 is 10.5 Å². The molecule has 0 fully saturated rings. The molecule has 0 bridgehead atoms. The fourth-order valence-electron chi connectivity index (χ4n) is 1.52. The average Bonchev–Trinajstić information content (AvgIpc) is 2.92. The molecule has 3 N–H and O–H groups in total. The lowest BCUT2D eigenvalue weighted by Gasteiger charge is -2.04. The van der Waals surface area contributed by atoms with E-state index in [2.05, 4.69) is 14.1 Å². The maximum absolute atomic E-state index is 11.6. The second-order valence-electron chi connectivity index (χ2n) is 3.99. The monoisotopic (exact) mass is 312 g/mol.